The highest BCUT2D eigenvalue weighted by molar-refractivity contribution is 7.14. The molecule has 2 rings (SSSR count). The van der Waals surface area contributed by atoms with Gasteiger partial charge >= 0.3 is 5.69 Å². The molecular weight excluding hydrogens is 348 g/mol. The van der Waals surface area contributed by atoms with Crippen LogP contribution in [0.15, 0.2) is 30.3 Å². The molecule has 0 aliphatic rings. The zero-order valence-corrected chi connectivity index (χ0v) is 14.4. The van der Waals surface area contributed by atoms with Crippen LogP contribution in [-0.2, 0) is 11.3 Å². The van der Waals surface area contributed by atoms with Crippen LogP contribution in [0.1, 0.15) is 21.5 Å². The Hall–Kier alpha value is -2.94. The molecule has 0 bridgehead atoms. The van der Waals surface area contributed by atoms with Gasteiger partial charge in [-0.1, -0.05) is 0 Å². The van der Waals surface area contributed by atoms with E-state index in [1.54, 1.807) is 12.1 Å². The first-order chi connectivity index (χ1) is 11.9. The van der Waals surface area contributed by atoms with E-state index in [1.165, 1.54) is 43.6 Å². The smallest absolute Gasteiger partial charge is 0.314 e. The zero-order valence-electron chi connectivity index (χ0n) is 13.6. The largest absolute Gasteiger partial charge is 0.496 e. The number of hydrogen-bond acceptors (Lipinski definition) is 7. The number of nitro groups is 1. The van der Waals surface area contributed by atoms with Crippen LogP contribution < -0.4 is 14.8 Å². The average molecular weight is 364 g/mol. The highest BCUT2D eigenvalue weighted by Crippen LogP contribution is 2.31. The monoisotopic (exact) mass is 364 g/mol. The van der Waals surface area contributed by atoms with Crippen molar-refractivity contribution in [2.24, 2.45) is 0 Å². The minimum Gasteiger partial charge on any atom is -0.496 e. The van der Waals surface area contributed by atoms with E-state index in [4.69, 9.17) is 9.47 Å². The summed E-state index contributed by atoms with van der Waals surface area (Å²) in [6, 6.07) is 7.51. The molecule has 0 radical (unpaired) electrons. The van der Waals surface area contributed by atoms with Crippen molar-refractivity contribution in [3.05, 3.63) is 50.2 Å². The third-order valence-electron chi connectivity index (χ3n) is 3.17. The molecule has 1 aromatic carbocycles. The van der Waals surface area contributed by atoms with Crippen LogP contribution in [0.3, 0.4) is 0 Å². The first-order valence-electron chi connectivity index (χ1n) is 7.22. The first kappa shape index (κ1) is 18.4. The maximum Gasteiger partial charge on any atom is 0.314 e. The van der Waals surface area contributed by atoms with Crippen molar-refractivity contribution in [1.82, 2.24) is 5.32 Å². The Bertz CT molecular complexity index is 802. The fraction of sp³-hybridized carbons (Fsp3) is 0.250. The van der Waals surface area contributed by atoms with E-state index in [0.29, 0.717) is 17.2 Å². The molecule has 1 heterocycles. The lowest BCUT2D eigenvalue weighted by molar-refractivity contribution is -0.385. The van der Waals surface area contributed by atoms with E-state index in [9.17, 15) is 19.7 Å². The van der Waals surface area contributed by atoms with Gasteiger partial charge in [-0.25, -0.2) is 0 Å². The van der Waals surface area contributed by atoms with Gasteiger partial charge < -0.3 is 14.8 Å². The van der Waals surface area contributed by atoms with E-state index in [2.05, 4.69) is 5.32 Å². The van der Waals surface area contributed by atoms with Crippen LogP contribution in [-0.4, -0.2) is 30.3 Å². The number of nitrogens with one attached hydrogen (secondary N) is 1. The number of Topliss-reactive ketones (excluding diaryl/α,β-unsaturated/α-hetero) is 1. The standard InChI is InChI=1S/C16H16N2O6S/c1-10(19)17-8-12-4-6-16(25-12)14(20)9-24-15-5-3-11(23-2)7-13(15)18(21)22/h3-7H,8-9H2,1-2H3,(H,17,19). The first-order valence-corrected chi connectivity index (χ1v) is 8.04. The maximum atomic E-state index is 12.2. The van der Waals surface area contributed by atoms with Gasteiger partial charge in [-0.3, -0.25) is 19.7 Å². The van der Waals surface area contributed by atoms with Gasteiger partial charge in [0.2, 0.25) is 11.7 Å². The van der Waals surface area contributed by atoms with Crippen LogP contribution in [0, 0.1) is 10.1 Å². The number of carbonyl (C=O) groups excluding carboxylic acids is 2. The van der Waals surface area contributed by atoms with Crippen molar-refractivity contribution < 1.29 is 24.0 Å². The SMILES string of the molecule is COc1ccc(OCC(=O)c2ccc(CNC(C)=O)s2)c([N+](=O)[O-])c1. The molecule has 1 N–H and O–H groups in total. The van der Waals surface area contributed by atoms with Gasteiger partial charge in [-0.05, 0) is 24.3 Å². The molecule has 1 aromatic heterocycles. The summed E-state index contributed by atoms with van der Waals surface area (Å²) in [6.07, 6.45) is 0. The molecule has 0 unspecified atom stereocenters. The van der Waals surface area contributed by atoms with E-state index in [1.807, 2.05) is 0 Å². The van der Waals surface area contributed by atoms with E-state index >= 15 is 0 Å². The van der Waals surface area contributed by atoms with Gasteiger partial charge in [0, 0.05) is 11.8 Å². The van der Waals surface area contributed by atoms with E-state index in [0.717, 1.165) is 4.88 Å². The third-order valence-corrected chi connectivity index (χ3v) is 4.30. The van der Waals surface area contributed by atoms with Gasteiger partial charge in [0.05, 0.1) is 29.5 Å². The van der Waals surface area contributed by atoms with Crippen LogP contribution in [0.2, 0.25) is 0 Å². The molecule has 0 aliphatic carbocycles. The van der Waals surface area contributed by atoms with Crippen LogP contribution >= 0.6 is 11.3 Å². The number of ether oxygens (including phenoxy) is 2. The second-order valence-corrected chi connectivity index (χ2v) is 6.15. The summed E-state index contributed by atoms with van der Waals surface area (Å²) in [7, 11) is 1.40. The van der Waals surface area contributed by atoms with Gasteiger partial charge in [-0.15, -0.1) is 11.3 Å². The summed E-state index contributed by atoms with van der Waals surface area (Å²) >= 11 is 1.24. The molecule has 0 spiro atoms. The minimum absolute atomic E-state index is 0.00539. The van der Waals surface area contributed by atoms with Crippen molar-refractivity contribution in [1.29, 1.82) is 0 Å². The van der Waals surface area contributed by atoms with Crippen molar-refractivity contribution in [3.8, 4) is 11.5 Å². The number of carbonyl (C=O) groups is 2. The zero-order chi connectivity index (χ0) is 18.4. The summed E-state index contributed by atoms with van der Waals surface area (Å²) in [5, 5.41) is 13.7. The molecule has 0 atom stereocenters. The molecular formula is C16H16N2O6S. The molecule has 9 heteroatoms. The Morgan fingerprint density at radius 3 is 2.68 bits per heavy atom. The predicted octanol–water partition coefficient (Wildman–Crippen LogP) is 2.56. The Balaban J connectivity index is 2.02. The minimum atomic E-state index is -0.598. The van der Waals surface area contributed by atoms with Gasteiger partial charge in [-0.2, -0.15) is 0 Å². The van der Waals surface area contributed by atoms with E-state index < -0.39 is 4.92 Å². The molecule has 2 aromatic rings. The Kier molecular flexibility index (Phi) is 6.07. The molecule has 0 saturated heterocycles. The van der Waals surface area contributed by atoms with Crippen LogP contribution in [0.5, 0.6) is 11.5 Å². The number of methoxy groups -OCH3 is 1. The second kappa shape index (κ2) is 8.25. The number of rotatable bonds is 8. The third kappa shape index (κ3) is 5.01. The summed E-state index contributed by atoms with van der Waals surface area (Å²) in [4.78, 5) is 34.8. The van der Waals surface area contributed by atoms with Crippen LogP contribution in [0.4, 0.5) is 5.69 Å². The Morgan fingerprint density at radius 2 is 2.04 bits per heavy atom. The lowest BCUT2D eigenvalue weighted by Gasteiger charge is -2.07. The van der Waals surface area contributed by atoms with E-state index in [-0.39, 0.29) is 29.7 Å². The van der Waals surface area contributed by atoms with Gasteiger partial charge in [0.15, 0.2) is 12.4 Å². The maximum absolute atomic E-state index is 12.2. The molecule has 0 fully saturated rings. The van der Waals surface area contributed by atoms with Gasteiger partial charge in [0.25, 0.3) is 0 Å². The molecule has 132 valence electrons. The van der Waals surface area contributed by atoms with Crippen molar-refractivity contribution in [2.45, 2.75) is 13.5 Å². The van der Waals surface area contributed by atoms with Crippen molar-refractivity contribution in [2.75, 3.05) is 13.7 Å². The number of ketones is 1. The van der Waals surface area contributed by atoms with Crippen LogP contribution in [0.25, 0.3) is 0 Å². The lowest BCUT2D eigenvalue weighted by atomic mass is 10.2. The number of amides is 1. The Morgan fingerprint density at radius 1 is 1.28 bits per heavy atom. The highest BCUT2D eigenvalue weighted by Gasteiger charge is 2.18. The summed E-state index contributed by atoms with van der Waals surface area (Å²) < 4.78 is 10.3. The lowest BCUT2D eigenvalue weighted by Crippen LogP contribution is -2.18. The molecule has 8 nitrogen and oxygen atoms in total. The number of hydrogen-bond donors (Lipinski definition) is 1. The molecule has 0 saturated carbocycles. The highest BCUT2D eigenvalue weighted by atomic mass is 32.1. The molecule has 0 aliphatic heterocycles. The quantitative estimate of drug-likeness (QED) is 0.438. The van der Waals surface area contributed by atoms with Crippen molar-refractivity contribution in [3.63, 3.8) is 0 Å². The molecule has 1 amide bonds. The number of benzene rings is 1. The fourth-order valence-corrected chi connectivity index (χ4v) is 2.81. The summed E-state index contributed by atoms with van der Waals surface area (Å²) in [5.41, 5.74) is -0.273. The average Bonchev–Trinajstić information content (AvgIpc) is 3.06. The second-order valence-electron chi connectivity index (χ2n) is 4.98. The topological polar surface area (TPSA) is 108 Å². The fourth-order valence-electron chi connectivity index (χ4n) is 1.94. The van der Waals surface area contributed by atoms with Gasteiger partial charge in [0.1, 0.15) is 5.75 Å². The Labute approximate surface area is 147 Å². The summed E-state index contributed by atoms with van der Waals surface area (Å²) in [6.45, 7) is 1.43. The number of nitro benzene ring substituents is 1. The van der Waals surface area contributed by atoms with Crippen molar-refractivity contribution >= 4 is 28.7 Å². The number of nitrogens with zero attached hydrogens (tertiary/aromatic N) is 1. The number of thiophene rings is 1. The normalized spacial score (nSPS) is 10.2. The molecule has 25 heavy (non-hydrogen) atoms. The summed E-state index contributed by atoms with van der Waals surface area (Å²) in [5.74, 6) is -0.138. The predicted molar refractivity (Wildman–Crippen MR) is 91.3 cm³/mol.